The van der Waals surface area contributed by atoms with Gasteiger partial charge in [0.05, 0.1) is 10.5 Å². The first-order valence-corrected chi connectivity index (χ1v) is 6.46. The van der Waals surface area contributed by atoms with Gasteiger partial charge in [-0.15, -0.1) is 0 Å². The standard InChI is InChI=1S/C16H13NO5/c1-10-8-13(6-7-15(10)17(20)21)16(19)22-14-5-3-4-12(9-14)11(2)18/h3-9H,1-2H3. The molecule has 0 atom stereocenters. The van der Waals surface area contributed by atoms with Crippen LogP contribution in [-0.2, 0) is 0 Å². The molecule has 6 nitrogen and oxygen atoms in total. The zero-order valence-electron chi connectivity index (χ0n) is 12.0. The van der Waals surface area contributed by atoms with E-state index in [-0.39, 0.29) is 22.8 Å². The van der Waals surface area contributed by atoms with Crippen molar-refractivity contribution in [3.05, 3.63) is 69.3 Å². The van der Waals surface area contributed by atoms with Crippen LogP contribution in [0.4, 0.5) is 5.69 Å². The summed E-state index contributed by atoms with van der Waals surface area (Å²) < 4.78 is 5.19. The molecular formula is C16H13NO5. The highest BCUT2D eigenvalue weighted by molar-refractivity contribution is 5.95. The Balaban J connectivity index is 2.22. The lowest BCUT2D eigenvalue weighted by Gasteiger charge is -2.06. The number of hydrogen-bond donors (Lipinski definition) is 0. The molecule has 0 amide bonds. The number of carbonyl (C=O) groups is 2. The summed E-state index contributed by atoms with van der Waals surface area (Å²) in [5.74, 6) is -0.531. The van der Waals surface area contributed by atoms with Crippen LogP contribution in [0.25, 0.3) is 0 Å². The molecule has 2 aromatic rings. The van der Waals surface area contributed by atoms with Crippen molar-refractivity contribution >= 4 is 17.4 Å². The van der Waals surface area contributed by atoms with Crippen molar-refractivity contribution in [3.8, 4) is 5.75 Å². The van der Waals surface area contributed by atoms with Gasteiger partial charge < -0.3 is 4.74 Å². The Morgan fingerprint density at radius 3 is 2.41 bits per heavy atom. The molecule has 0 fully saturated rings. The van der Waals surface area contributed by atoms with Gasteiger partial charge in [0.25, 0.3) is 5.69 Å². The van der Waals surface area contributed by atoms with Crippen molar-refractivity contribution in [1.29, 1.82) is 0 Å². The Labute approximate surface area is 126 Å². The highest BCUT2D eigenvalue weighted by atomic mass is 16.6. The Kier molecular flexibility index (Phi) is 4.31. The number of nitro groups is 1. The van der Waals surface area contributed by atoms with Crippen molar-refractivity contribution in [3.63, 3.8) is 0 Å². The molecule has 0 aliphatic carbocycles. The Morgan fingerprint density at radius 2 is 1.82 bits per heavy atom. The maximum atomic E-state index is 12.1. The molecule has 0 unspecified atom stereocenters. The normalized spacial score (nSPS) is 10.1. The van der Waals surface area contributed by atoms with E-state index < -0.39 is 10.9 Å². The number of rotatable bonds is 4. The van der Waals surface area contributed by atoms with Gasteiger partial charge in [0, 0.05) is 17.2 Å². The molecule has 0 aliphatic rings. The van der Waals surface area contributed by atoms with Crippen molar-refractivity contribution in [2.24, 2.45) is 0 Å². The zero-order chi connectivity index (χ0) is 16.3. The quantitative estimate of drug-likeness (QED) is 0.284. The van der Waals surface area contributed by atoms with E-state index in [1.54, 1.807) is 25.1 Å². The van der Waals surface area contributed by atoms with E-state index in [0.29, 0.717) is 11.1 Å². The van der Waals surface area contributed by atoms with Gasteiger partial charge in [0.1, 0.15) is 5.75 Å². The minimum atomic E-state index is -0.640. The van der Waals surface area contributed by atoms with Crippen LogP contribution in [0.1, 0.15) is 33.2 Å². The third-order valence-corrected chi connectivity index (χ3v) is 3.08. The van der Waals surface area contributed by atoms with Crippen molar-refractivity contribution in [2.45, 2.75) is 13.8 Å². The highest BCUT2D eigenvalue weighted by Crippen LogP contribution is 2.21. The molecule has 6 heteroatoms. The molecule has 2 aromatic carbocycles. The fraction of sp³-hybridized carbons (Fsp3) is 0.125. The van der Waals surface area contributed by atoms with E-state index in [2.05, 4.69) is 0 Å². The molecule has 0 aliphatic heterocycles. The SMILES string of the molecule is CC(=O)c1cccc(OC(=O)c2ccc([N+](=O)[O-])c(C)c2)c1. The number of ether oxygens (including phenoxy) is 1. The maximum Gasteiger partial charge on any atom is 0.343 e. The van der Waals surface area contributed by atoms with E-state index in [0.717, 1.165) is 0 Å². The predicted octanol–water partition coefficient (Wildman–Crippen LogP) is 3.33. The number of esters is 1. The van der Waals surface area contributed by atoms with E-state index in [1.165, 1.54) is 31.2 Å². The predicted molar refractivity (Wildman–Crippen MR) is 79.2 cm³/mol. The fourth-order valence-corrected chi connectivity index (χ4v) is 1.93. The van der Waals surface area contributed by atoms with Crippen molar-refractivity contribution < 1.29 is 19.2 Å². The Hall–Kier alpha value is -3.02. The van der Waals surface area contributed by atoms with Crippen molar-refractivity contribution in [1.82, 2.24) is 0 Å². The van der Waals surface area contributed by atoms with Crippen LogP contribution in [0.2, 0.25) is 0 Å². The van der Waals surface area contributed by atoms with Gasteiger partial charge in [-0.3, -0.25) is 14.9 Å². The molecule has 0 N–H and O–H groups in total. The molecular weight excluding hydrogens is 286 g/mol. The number of benzene rings is 2. The smallest absolute Gasteiger partial charge is 0.343 e. The molecule has 0 saturated carbocycles. The molecule has 0 aromatic heterocycles. The fourth-order valence-electron chi connectivity index (χ4n) is 1.93. The van der Waals surface area contributed by atoms with Gasteiger partial charge in [0.15, 0.2) is 5.78 Å². The van der Waals surface area contributed by atoms with Crippen LogP contribution in [0.5, 0.6) is 5.75 Å². The van der Waals surface area contributed by atoms with E-state index in [1.807, 2.05) is 0 Å². The van der Waals surface area contributed by atoms with Crippen LogP contribution in [0.15, 0.2) is 42.5 Å². The van der Waals surface area contributed by atoms with Crippen LogP contribution in [0, 0.1) is 17.0 Å². The molecule has 0 bridgehead atoms. The average molecular weight is 299 g/mol. The minimum Gasteiger partial charge on any atom is -0.423 e. The second-order valence-corrected chi connectivity index (χ2v) is 4.73. The second-order valence-electron chi connectivity index (χ2n) is 4.73. The lowest BCUT2D eigenvalue weighted by atomic mass is 10.1. The molecule has 0 saturated heterocycles. The largest absolute Gasteiger partial charge is 0.423 e. The summed E-state index contributed by atoms with van der Waals surface area (Å²) in [4.78, 5) is 33.6. The third kappa shape index (κ3) is 3.35. The summed E-state index contributed by atoms with van der Waals surface area (Å²) in [6, 6.07) is 10.3. The number of ketones is 1. The summed E-state index contributed by atoms with van der Waals surface area (Å²) in [5.41, 5.74) is 0.952. The van der Waals surface area contributed by atoms with Crippen LogP contribution < -0.4 is 4.74 Å². The lowest BCUT2D eigenvalue weighted by Crippen LogP contribution is -2.09. The molecule has 2 rings (SSSR count). The van der Waals surface area contributed by atoms with Gasteiger partial charge in [-0.25, -0.2) is 4.79 Å². The Morgan fingerprint density at radius 1 is 1.09 bits per heavy atom. The van der Waals surface area contributed by atoms with Gasteiger partial charge in [-0.1, -0.05) is 12.1 Å². The van der Waals surface area contributed by atoms with E-state index in [4.69, 9.17) is 4.74 Å². The number of hydrogen-bond acceptors (Lipinski definition) is 5. The first-order valence-electron chi connectivity index (χ1n) is 6.46. The number of nitrogens with zero attached hydrogens (tertiary/aromatic N) is 1. The van der Waals surface area contributed by atoms with Gasteiger partial charge >= 0.3 is 5.97 Å². The van der Waals surface area contributed by atoms with Gasteiger partial charge in [-0.2, -0.15) is 0 Å². The molecule has 0 radical (unpaired) electrons. The first kappa shape index (κ1) is 15.4. The molecule has 112 valence electrons. The third-order valence-electron chi connectivity index (χ3n) is 3.08. The van der Waals surface area contributed by atoms with Gasteiger partial charge in [0.2, 0.25) is 0 Å². The second kappa shape index (κ2) is 6.17. The van der Waals surface area contributed by atoms with Crippen molar-refractivity contribution in [2.75, 3.05) is 0 Å². The van der Waals surface area contributed by atoms with E-state index >= 15 is 0 Å². The number of Topliss-reactive ketones (excluding diaryl/α,β-unsaturated/α-hetero) is 1. The lowest BCUT2D eigenvalue weighted by molar-refractivity contribution is -0.385. The summed E-state index contributed by atoms with van der Waals surface area (Å²) in [6.45, 7) is 2.96. The monoisotopic (exact) mass is 299 g/mol. The number of carbonyl (C=O) groups excluding carboxylic acids is 2. The van der Waals surface area contributed by atoms with Crippen LogP contribution in [0.3, 0.4) is 0 Å². The zero-order valence-corrected chi connectivity index (χ0v) is 12.0. The topological polar surface area (TPSA) is 86.5 Å². The number of nitro benzene ring substituents is 1. The average Bonchev–Trinajstić information content (AvgIpc) is 2.46. The maximum absolute atomic E-state index is 12.1. The summed E-state index contributed by atoms with van der Waals surface area (Å²) in [6.07, 6.45) is 0. The molecule has 22 heavy (non-hydrogen) atoms. The summed E-state index contributed by atoms with van der Waals surface area (Å²) in [7, 11) is 0. The molecule has 0 spiro atoms. The summed E-state index contributed by atoms with van der Waals surface area (Å²) >= 11 is 0. The van der Waals surface area contributed by atoms with Crippen LogP contribution >= 0.6 is 0 Å². The number of aryl methyl sites for hydroxylation is 1. The molecule has 0 heterocycles. The first-order chi connectivity index (χ1) is 10.4. The van der Waals surface area contributed by atoms with Gasteiger partial charge in [-0.05, 0) is 38.1 Å². The minimum absolute atomic E-state index is 0.0601. The Bertz CT molecular complexity index is 767. The highest BCUT2D eigenvalue weighted by Gasteiger charge is 2.15. The summed E-state index contributed by atoms with van der Waals surface area (Å²) in [5, 5.41) is 10.8. The van der Waals surface area contributed by atoms with Crippen LogP contribution in [-0.4, -0.2) is 16.7 Å². The van der Waals surface area contributed by atoms with E-state index in [9.17, 15) is 19.7 Å².